The minimum atomic E-state index is -1.71. The fraction of sp³-hybridized carbons (Fsp3) is 0.333. The Balaban J connectivity index is 1.68. The van der Waals surface area contributed by atoms with Gasteiger partial charge in [-0.15, -0.1) is 0 Å². The summed E-state index contributed by atoms with van der Waals surface area (Å²) in [6.07, 6.45) is -6.25. The average molecular weight is 485 g/mol. The Bertz CT molecular complexity index is 1070. The van der Waals surface area contributed by atoms with Crippen LogP contribution in [0.5, 0.6) is 0 Å². The van der Waals surface area contributed by atoms with Crippen LogP contribution in [0.2, 0.25) is 10.0 Å². The number of ether oxygens (including phenoxy) is 1. The van der Waals surface area contributed by atoms with E-state index >= 15 is 0 Å². The molecule has 5 N–H and O–H groups in total. The van der Waals surface area contributed by atoms with Crippen LogP contribution in [0, 0.1) is 0 Å². The number of carbonyl (C=O) groups is 1. The number of aliphatic hydroxyl groups is 4. The summed E-state index contributed by atoms with van der Waals surface area (Å²) < 4.78 is 10.7. The van der Waals surface area contributed by atoms with Crippen molar-refractivity contribution in [3.8, 4) is 11.5 Å². The maximum absolute atomic E-state index is 12.4. The lowest BCUT2D eigenvalue weighted by atomic mass is 10.0. The molecule has 1 aromatic heterocycles. The van der Waals surface area contributed by atoms with Crippen LogP contribution in [-0.2, 0) is 4.74 Å². The minimum Gasteiger partial charge on any atom is -0.459 e. The maximum atomic E-state index is 12.4. The maximum Gasteiger partial charge on any atom is 0.338 e. The molecular formula is C21H22Cl2N2O7. The number of esters is 1. The van der Waals surface area contributed by atoms with E-state index in [0.29, 0.717) is 26.7 Å². The number of benzene rings is 2. The van der Waals surface area contributed by atoms with E-state index in [1.807, 2.05) is 0 Å². The van der Waals surface area contributed by atoms with Crippen molar-refractivity contribution in [3.63, 3.8) is 0 Å². The van der Waals surface area contributed by atoms with Gasteiger partial charge in [-0.25, -0.2) is 9.78 Å². The van der Waals surface area contributed by atoms with Crippen LogP contribution in [0.3, 0.4) is 0 Å². The number of fused-ring (bicyclic) bond motifs is 1. The lowest BCUT2D eigenvalue weighted by molar-refractivity contribution is -0.115. The second kappa shape index (κ2) is 10.6. The molecule has 4 atom stereocenters. The van der Waals surface area contributed by atoms with Gasteiger partial charge in [-0.3, -0.25) is 0 Å². The summed E-state index contributed by atoms with van der Waals surface area (Å²) >= 11 is 12.0. The van der Waals surface area contributed by atoms with Crippen LogP contribution >= 0.6 is 23.2 Å². The van der Waals surface area contributed by atoms with Crippen LogP contribution in [0.1, 0.15) is 10.4 Å². The van der Waals surface area contributed by atoms with Gasteiger partial charge in [0.2, 0.25) is 5.89 Å². The number of likely N-dealkylation sites (N-methyl/N-ethyl adjacent to an activating group) is 1. The van der Waals surface area contributed by atoms with Crippen LogP contribution in [0.25, 0.3) is 22.6 Å². The lowest BCUT2D eigenvalue weighted by Gasteiger charge is -2.26. The summed E-state index contributed by atoms with van der Waals surface area (Å²) in [5, 5.41) is 42.9. The van der Waals surface area contributed by atoms with Gasteiger partial charge in [-0.05, 0) is 43.4 Å². The van der Waals surface area contributed by atoms with Crippen molar-refractivity contribution < 1.29 is 34.4 Å². The predicted molar refractivity (Wildman–Crippen MR) is 118 cm³/mol. The van der Waals surface area contributed by atoms with E-state index < -0.39 is 37.0 Å². The van der Waals surface area contributed by atoms with Crippen molar-refractivity contribution in [1.29, 1.82) is 0 Å². The predicted octanol–water partition coefficient (Wildman–Crippen LogP) is 1.62. The number of nitrogens with zero attached hydrogens (tertiary/aromatic N) is 1. The fourth-order valence-corrected chi connectivity index (χ4v) is 3.51. The molecular weight excluding hydrogens is 463 g/mol. The van der Waals surface area contributed by atoms with Crippen molar-refractivity contribution in [3.05, 3.63) is 52.0 Å². The standard InChI is InChI=1S/C21H22Cl2N2O7/c1-24-8-15(26)18(28)19(29)16(27)9-31-21(30)10-2-3-14-17(6-10)32-20(25-14)11-4-12(22)7-13(23)5-11/h2-7,15-16,18-19,24,26-29H,8-9H2,1H3/t15-,16+,18+,19+/m0/s1. The average Bonchev–Trinajstić information content (AvgIpc) is 3.19. The second-order valence-electron chi connectivity index (χ2n) is 7.13. The van der Waals surface area contributed by atoms with Gasteiger partial charge in [0.25, 0.3) is 0 Å². The van der Waals surface area contributed by atoms with Crippen LogP contribution < -0.4 is 5.32 Å². The molecule has 0 unspecified atom stereocenters. The molecule has 2 aromatic carbocycles. The second-order valence-corrected chi connectivity index (χ2v) is 8.00. The van der Waals surface area contributed by atoms with Crippen LogP contribution in [0.4, 0.5) is 0 Å². The van der Waals surface area contributed by atoms with Crippen molar-refractivity contribution >= 4 is 40.3 Å². The molecule has 172 valence electrons. The normalized spacial score (nSPS) is 15.3. The van der Waals surface area contributed by atoms with E-state index in [1.165, 1.54) is 12.1 Å². The molecule has 0 saturated carbocycles. The van der Waals surface area contributed by atoms with Gasteiger partial charge in [-0.2, -0.15) is 0 Å². The number of carbonyl (C=O) groups excluding carboxylic acids is 1. The molecule has 0 saturated heterocycles. The third-order valence-corrected chi connectivity index (χ3v) is 5.11. The number of rotatable bonds is 9. The van der Waals surface area contributed by atoms with Gasteiger partial charge in [0.1, 0.15) is 30.4 Å². The highest BCUT2D eigenvalue weighted by molar-refractivity contribution is 6.35. The van der Waals surface area contributed by atoms with Crippen molar-refractivity contribution in [2.24, 2.45) is 0 Å². The zero-order valence-corrected chi connectivity index (χ0v) is 18.4. The topological polar surface area (TPSA) is 145 Å². The van der Waals surface area contributed by atoms with Gasteiger partial charge in [0, 0.05) is 22.2 Å². The summed E-state index contributed by atoms with van der Waals surface area (Å²) in [4.78, 5) is 16.7. The van der Waals surface area contributed by atoms with E-state index in [1.54, 1.807) is 31.3 Å². The molecule has 1 heterocycles. The molecule has 11 heteroatoms. The Kier molecular flexibility index (Phi) is 8.07. The molecule has 3 rings (SSSR count). The zero-order valence-electron chi connectivity index (χ0n) is 16.9. The molecule has 32 heavy (non-hydrogen) atoms. The number of nitrogens with one attached hydrogen (secondary N) is 1. The fourth-order valence-electron chi connectivity index (χ4n) is 2.98. The molecule has 0 bridgehead atoms. The SMILES string of the molecule is CNC[C@H](O)[C@@H](O)[C@H](O)[C@H](O)COC(=O)c1ccc2nc(-c3cc(Cl)cc(Cl)c3)oc2c1. The molecule has 3 aromatic rings. The number of aliphatic hydroxyl groups excluding tert-OH is 4. The van der Waals surface area contributed by atoms with E-state index in [9.17, 15) is 25.2 Å². The van der Waals surface area contributed by atoms with E-state index in [4.69, 9.17) is 32.4 Å². The Morgan fingerprint density at radius 2 is 1.72 bits per heavy atom. The molecule has 0 amide bonds. The summed E-state index contributed by atoms with van der Waals surface area (Å²) in [6, 6.07) is 9.32. The first-order valence-corrected chi connectivity index (χ1v) is 10.4. The molecule has 0 aliphatic heterocycles. The highest BCUT2D eigenvalue weighted by Crippen LogP contribution is 2.29. The van der Waals surface area contributed by atoms with Crippen molar-refractivity contribution in [1.82, 2.24) is 10.3 Å². The smallest absolute Gasteiger partial charge is 0.338 e. The van der Waals surface area contributed by atoms with E-state index in [-0.39, 0.29) is 18.0 Å². The van der Waals surface area contributed by atoms with Crippen molar-refractivity contribution in [2.45, 2.75) is 24.4 Å². The van der Waals surface area contributed by atoms with Gasteiger partial charge in [-0.1, -0.05) is 23.2 Å². The highest BCUT2D eigenvalue weighted by atomic mass is 35.5. The zero-order chi connectivity index (χ0) is 23.4. The third-order valence-electron chi connectivity index (χ3n) is 4.67. The van der Waals surface area contributed by atoms with Gasteiger partial charge < -0.3 is 34.9 Å². The molecule has 0 radical (unpaired) electrons. The van der Waals surface area contributed by atoms with Crippen molar-refractivity contribution in [2.75, 3.05) is 20.2 Å². The number of oxazole rings is 1. The Hall–Kier alpha value is -2.24. The lowest BCUT2D eigenvalue weighted by Crippen LogP contribution is -2.49. The van der Waals surface area contributed by atoms with Gasteiger partial charge in [0.15, 0.2) is 5.58 Å². The van der Waals surface area contributed by atoms with E-state index in [0.717, 1.165) is 0 Å². The van der Waals surface area contributed by atoms with Gasteiger partial charge >= 0.3 is 5.97 Å². The first-order chi connectivity index (χ1) is 15.2. The monoisotopic (exact) mass is 484 g/mol. The largest absolute Gasteiger partial charge is 0.459 e. The highest BCUT2D eigenvalue weighted by Gasteiger charge is 2.31. The third kappa shape index (κ3) is 5.76. The Labute approximate surface area is 193 Å². The minimum absolute atomic E-state index is 0.00527. The quantitative estimate of drug-likeness (QED) is 0.286. The van der Waals surface area contributed by atoms with Crippen LogP contribution in [0.15, 0.2) is 40.8 Å². The number of hydrogen-bond acceptors (Lipinski definition) is 9. The summed E-state index contributed by atoms with van der Waals surface area (Å²) in [5.74, 6) is -0.519. The number of halogens is 2. The molecule has 9 nitrogen and oxygen atoms in total. The van der Waals surface area contributed by atoms with Gasteiger partial charge in [0.05, 0.1) is 11.7 Å². The Morgan fingerprint density at radius 1 is 1.06 bits per heavy atom. The van der Waals surface area contributed by atoms with E-state index in [2.05, 4.69) is 10.3 Å². The summed E-state index contributed by atoms with van der Waals surface area (Å²) in [6.45, 7) is -0.588. The first kappa shape index (κ1) is 24.4. The Morgan fingerprint density at radius 3 is 2.38 bits per heavy atom. The molecule has 0 fully saturated rings. The molecule has 0 aliphatic carbocycles. The van der Waals surface area contributed by atoms with Crippen LogP contribution in [-0.4, -0.2) is 76.0 Å². The summed E-state index contributed by atoms with van der Waals surface area (Å²) in [5.41, 5.74) is 1.50. The number of aromatic nitrogens is 1. The number of hydrogen-bond donors (Lipinski definition) is 5. The summed E-state index contributed by atoms with van der Waals surface area (Å²) in [7, 11) is 1.55. The molecule has 0 spiro atoms. The first-order valence-electron chi connectivity index (χ1n) is 9.60. The molecule has 0 aliphatic rings.